The van der Waals surface area contributed by atoms with Crippen molar-refractivity contribution < 1.29 is 24.1 Å². The molecule has 2 aliphatic heterocycles. The topological polar surface area (TPSA) is 130 Å². The molecule has 10 nitrogen and oxygen atoms in total. The van der Waals surface area contributed by atoms with Crippen LogP contribution >= 0.6 is 11.8 Å². The van der Waals surface area contributed by atoms with Crippen LogP contribution in [0.1, 0.15) is 5.37 Å². The molecule has 2 aromatic rings. The lowest BCUT2D eigenvalue weighted by atomic mass is 10.2. The van der Waals surface area contributed by atoms with Crippen LogP contribution in [0.2, 0.25) is 0 Å². The van der Waals surface area contributed by atoms with Crippen LogP contribution in [0, 0.1) is 0 Å². The fraction of sp³-hybridized carbons (Fsp3) is 0.368. The molecule has 1 aromatic heterocycles. The van der Waals surface area contributed by atoms with E-state index in [9.17, 15) is 9.90 Å². The number of nitrogens with two attached hydrogens (primary N) is 1. The summed E-state index contributed by atoms with van der Waals surface area (Å²) >= 11 is 1.29. The Labute approximate surface area is 176 Å². The van der Waals surface area contributed by atoms with E-state index >= 15 is 0 Å². The van der Waals surface area contributed by atoms with Gasteiger partial charge in [-0.25, -0.2) is 4.79 Å². The van der Waals surface area contributed by atoms with Crippen LogP contribution in [0.5, 0.6) is 17.2 Å². The number of hydrogen-bond acceptors (Lipinski definition) is 10. The van der Waals surface area contributed by atoms with Crippen molar-refractivity contribution in [3.63, 3.8) is 0 Å². The van der Waals surface area contributed by atoms with Gasteiger partial charge in [-0.1, -0.05) is 17.8 Å². The Kier molecular flexibility index (Phi) is 5.86. The number of aliphatic hydroxyl groups is 1. The number of nitrogens with one attached hydrogen (secondary N) is 1. The summed E-state index contributed by atoms with van der Waals surface area (Å²) in [5.41, 5.74) is 5.54. The highest BCUT2D eigenvalue weighted by molar-refractivity contribution is 8.03. The molecule has 1 aromatic carbocycles. The Hall–Kier alpha value is -2.73. The van der Waals surface area contributed by atoms with Crippen molar-refractivity contribution in [3.05, 3.63) is 45.5 Å². The standard InChI is InChI=1S/C19H22N4O6S/c1-26-9-13-16(27-2)15(24)18(30-13)23-8-12-17(22-19(23)25)21-14-10(28-7-6-20)4-3-5-11(14)29-12/h3-5,8,15,18,24H,6-7,9,20H2,1-2H3,(H,21,22,25)/t15?,18-/m1/s1. The van der Waals surface area contributed by atoms with Crippen LogP contribution in [0.4, 0.5) is 11.5 Å². The molecule has 0 spiro atoms. The van der Waals surface area contributed by atoms with Crippen molar-refractivity contribution in [3.8, 4) is 17.2 Å². The van der Waals surface area contributed by atoms with E-state index < -0.39 is 17.2 Å². The van der Waals surface area contributed by atoms with E-state index in [2.05, 4.69) is 10.3 Å². The summed E-state index contributed by atoms with van der Waals surface area (Å²) in [7, 11) is 3.02. The molecule has 3 heterocycles. The third-order valence-electron chi connectivity index (χ3n) is 4.59. The van der Waals surface area contributed by atoms with Gasteiger partial charge in [-0.15, -0.1) is 0 Å². The molecule has 0 radical (unpaired) electrons. The van der Waals surface area contributed by atoms with Gasteiger partial charge in [0.2, 0.25) is 0 Å². The zero-order chi connectivity index (χ0) is 21.3. The van der Waals surface area contributed by atoms with Gasteiger partial charge in [-0.05, 0) is 12.1 Å². The molecule has 0 fully saturated rings. The van der Waals surface area contributed by atoms with E-state index in [1.807, 2.05) is 0 Å². The summed E-state index contributed by atoms with van der Waals surface area (Å²) in [6, 6.07) is 5.34. The van der Waals surface area contributed by atoms with Gasteiger partial charge < -0.3 is 35.1 Å². The van der Waals surface area contributed by atoms with Crippen LogP contribution in [0.25, 0.3) is 0 Å². The highest BCUT2D eigenvalue weighted by Gasteiger charge is 2.38. The smallest absolute Gasteiger partial charge is 0.350 e. The zero-order valence-corrected chi connectivity index (χ0v) is 17.3. The van der Waals surface area contributed by atoms with Crippen LogP contribution in [0.15, 0.2) is 39.9 Å². The fourth-order valence-electron chi connectivity index (χ4n) is 3.29. The normalized spacial score (nSPS) is 19.6. The number of rotatable bonds is 7. The molecule has 0 saturated heterocycles. The van der Waals surface area contributed by atoms with Gasteiger partial charge in [0, 0.05) is 13.7 Å². The van der Waals surface area contributed by atoms with Crippen molar-refractivity contribution >= 4 is 23.3 Å². The third-order valence-corrected chi connectivity index (χ3v) is 5.92. The average Bonchev–Trinajstić information content (AvgIpc) is 3.05. The minimum absolute atomic E-state index is 0.266. The number of para-hydroxylation sites is 1. The maximum Gasteiger partial charge on any atom is 0.350 e. The lowest BCUT2D eigenvalue weighted by Crippen LogP contribution is -2.32. The number of methoxy groups -OCH3 is 2. The maximum atomic E-state index is 12.7. The van der Waals surface area contributed by atoms with Gasteiger partial charge in [-0.3, -0.25) is 4.57 Å². The van der Waals surface area contributed by atoms with Gasteiger partial charge in [0.15, 0.2) is 17.3 Å². The number of ether oxygens (including phenoxy) is 4. The molecule has 0 bridgehead atoms. The summed E-state index contributed by atoms with van der Waals surface area (Å²) < 4.78 is 23.4. The number of nitrogens with zero attached hydrogens (tertiary/aromatic N) is 2. The molecular weight excluding hydrogens is 412 g/mol. The largest absolute Gasteiger partial charge is 0.497 e. The molecule has 0 amide bonds. The Morgan fingerprint density at radius 3 is 2.93 bits per heavy atom. The highest BCUT2D eigenvalue weighted by atomic mass is 32.2. The van der Waals surface area contributed by atoms with Crippen LogP contribution < -0.4 is 26.2 Å². The Morgan fingerprint density at radius 2 is 2.20 bits per heavy atom. The molecule has 160 valence electrons. The molecule has 4 rings (SSSR count). The highest BCUT2D eigenvalue weighted by Crippen LogP contribution is 2.47. The lowest BCUT2D eigenvalue weighted by Gasteiger charge is -2.25. The predicted molar refractivity (Wildman–Crippen MR) is 111 cm³/mol. The van der Waals surface area contributed by atoms with Crippen LogP contribution in [-0.2, 0) is 9.47 Å². The second-order valence-corrected chi connectivity index (χ2v) is 7.73. The minimum atomic E-state index is -1.03. The van der Waals surface area contributed by atoms with E-state index in [0.29, 0.717) is 46.8 Å². The molecule has 11 heteroatoms. The van der Waals surface area contributed by atoms with Gasteiger partial charge in [0.25, 0.3) is 0 Å². The molecule has 0 saturated carbocycles. The van der Waals surface area contributed by atoms with Gasteiger partial charge in [-0.2, -0.15) is 4.98 Å². The number of benzene rings is 1. The second kappa shape index (κ2) is 8.56. The van der Waals surface area contributed by atoms with E-state index in [4.69, 9.17) is 24.7 Å². The Balaban J connectivity index is 1.65. The number of anilines is 2. The summed E-state index contributed by atoms with van der Waals surface area (Å²) in [6.45, 7) is 0.981. The summed E-state index contributed by atoms with van der Waals surface area (Å²) in [6.07, 6.45) is 0.501. The van der Waals surface area contributed by atoms with Crippen molar-refractivity contribution in [1.82, 2.24) is 9.55 Å². The van der Waals surface area contributed by atoms with E-state index in [-0.39, 0.29) is 12.4 Å². The summed E-state index contributed by atoms with van der Waals surface area (Å²) in [5, 5.41) is 13.1. The summed E-state index contributed by atoms with van der Waals surface area (Å²) in [5.74, 6) is 2.07. The van der Waals surface area contributed by atoms with E-state index in [0.717, 1.165) is 0 Å². The van der Waals surface area contributed by atoms with E-state index in [1.165, 1.54) is 29.6 Å². The predicted octanol–water partition coefficient (Wildman–Crippen LogP) is 1.54. The minimum Gasteiger partial charge on any atom is -0.497 e. The van der Waals surface area contributed by atoms with Crippen molar-refractivity contribution in [2.45, 2.75) is 11.5 Å². The van der Waals surface area contributed by atoms with Crippen LogP contribution in [0.3, 0.4) is 0 Å². The summed E-state index contributed by atoms with van der Waals surface area (Å²) in [4.78, 5) is 17.6. The lowest BCUT2D eigenvalue weighted by molar-refractivity contribution is 0.111. The van der Waals surface area contributed by atoms with Gasteiger partial charge in [0.05, 0.1) is 24.8 Å². The molecule has 2 atom stereocenters. The maximum absolute atomic E-state index is 12.7. The van der Waals surface area contributed by atoms with Gasteiger partial charge >= 0.3 is 5.69 Å². The molecule has 30 heavy (non-hydrogen) atoms. The van der Waals surface area contributed by atoms with Gasteiger partial charge in [0.1, 0.15) is 35.3 Å². The van der Waals surface area contributed by atoms with Crippen molar-refractivity contribution in [2.24, 2.45) is 5.73 Å². The SMILES string of the molecule is COCC1=C(OC)C(O)[C@H](n2cc3c(nc2=O)Nc2c(OCCN)cccc2O3)S1. The molecule has 2 aliphatic rings. The first-order valence-corrected chi connectivity index (χ1v) is 10.1. The second-order valence-electron chi connectivity index (χ2n) is 6.51. The number of aliphatic hydroxyl groups excluding tert-OH is 1. The van der Waals surface area contributed by atoms with E-state index in [1.54, 1.807) is 25.3 Å². The molecular formula is C19H22N4O6S. The van der Waals surface area contributed by atoms with Crippen molar-refractivity contribution in [2.75, 3.05) is 39.3 Å². The number of thioether (sulfide) groups is 1. The van der Waals surface area contributed by atoms with Crippen molar-refractivity contribution in [1.29, 1.82) is 0 Å². The molecule has 0 aliphatic carbocycles. The first-order chi connectivity index (χ1) is 14.6. The molecule has 4 N–H and O–H groups in total. The first kappa shape index (κ1) is 20.5. The number of fused-ring (bicyclic) bond motifs is 2. The third kappa shape index (κ3) is 3.60. The average molecular weight is 434 g/mol. The monoisotopic (exact) mass is 434 g/mol. The fourth-order valence-corrected chi connectivity index (χ4v) is 4.60. The Bertz CT molecular complexity index is 1040. The molecule has 1 unspecified atom stereocenters. The number of aromatic nitrogens is 2. The number of hydrogen-bond donors (Lipinski definition) is 3. The quantitative estimate of drug-likeness (QED) is 0.503. The zero-order valence-electron chi connectivity index (χ0n) is 16.5. The Morgan fingerprint density at radius 1 is 1.37 bits per heavy atom. The van der Waals surface area contributed by atoms with Crippen LogP contribution in [-0.4, -0.2) is 54.7 Å². The first-order valence-electron chi connectivity index (χ1n) is 9.22.